The third-order valence-corrected chi connectivity index (χ3v) is 3.98. The molecule has 2 N–H and O–H groups in total. The predicted molar refractivity (Wildman–Crippen MR) is 78.4 cm³/mol. The number of piperazine rings is 1. The van der Waals surface area contributed by atoms with Crippen LogP contribution in [0.4, 0.5) is 0 Å². The highest BCUT2D eigenvalue weighted by atomic mass is 16.5. The molecule has 6 nitrogen and oxygen atoms in total. The summed E-state index contributed by atoms with van der Waals surface area (Å²) in [5, 5.41) is 4.17. The number of hydrogen-bond acceptors (Lipinski definition) is 6. The zero-order valence-electron chi connectivity index (χ0n) is 12.7. The van der Waals surface area contributed by atoms with Crippen LogP contribution in [0.2, 0.25) is 0 Å². The Balaban J connectivity index is 1.82. The van der Waals surface area contributed by atoms with Gasteiger partial charge in [0.25, 0.3) is 0 Å². The van der Waals surface area contributed by atoms with E-state index in [2.05, 4.69) is 34.0 Å². The molecule has 2 heterocycles. The molecule has 1 fully saturated rings. The maximum absolute atomic E-state index is 5.48. The smallest absolute Gasteiger partial charge is 0.226 e. The summed E-state index contributed by atoms with van der Waals surface area (Å²) in [6.45, 7) is 3.89. The number of aromatic nitrogens is 2. The van der Waals surface area contributed by atoms with Gasteiger partial charge in [-0.15, -0.1) is 0 Å². The summed E-state index contributed by atoms with van der Waals surface area (Å²) in [6.07, 6.45) is 5.45. The van der Waals surface area contributed by atoms with Gasteiger partial charge in [-0.2, -0.15) is 4.98 Å². The fourth-order valence-electron chi connectivity index (χ4n) is 2.57. The number of aryl methyl sites for hydroxylation is 1. The molecule has 1 aliphatic heterocycles. The Labute approximate surface area is 121 Å². The van der Waals surface area contributed by atoms with Crippen LogP contribution in [0.5, 0.6) is 0 Å². The molecule has 0 aromatic carbocycles. The number of likely N-dealkylation sites (N-methyl/N-ethyl adjacent to an activating group) is 2. The lowest BCUT2D eigenvalue weighted by molar-refractivity contribution is 0.108. The van der Waals surface area contributed by atoms with Gasteiger partial charge in [0, 0.05) is 26.1 Å². The minimum atomic E-state index is 0.253. The highest BCUT2D eigenvalue weighted by Crippen LogP contribution is 2.21. The third-order valence-electron chi connectivity index (χ3n) is 3.98. The average molecular weight is 281 g/mol. The van der Waals surface area contributed by atoms with E-state index < -0.39 is 0 Å². The van der Waals surface area contributed by atoms with Gasteiger partial charge in [-0.25, -0.2) is 0 Å². The van der Waals surface area contributed by atoms with Gasteiger partial charge in [0.2, 0.25) is 5.89 Å². The Morgan fingerprint density at radius 1 is 1.20 bits per heavy atom. The Morgan fingerprint density at radius 2 is 2.00 bits per heavy atom. The summed E-state index contributed by atoms with van der Waals surface area (Å²) >= 11 is 0. The lowest BCUT2D eigenvalue weighted by Crippen LogP contribution is -2.45. The topological polar surface area (TPSA) is 71.4 Å². The molecule has 1 aromatic rings. The lowest BCUT2D eigenvalue weighted by atomic mass is 10.1. The zero-order chi connectivity index (χ0) is 14.4. The molecule has 1 aliphatic rings. The largest absolute Gasteiger partial charge is 0.339 e. The maximum Gasteiger partial charge on any atom is 0.226 e. The Bertz CT molecular complexity index is 395. The molecular formula is C14H27N5O. The van der Waals surface area contributed by atoms with Gasteiger partial charge in [-0.1, -0.05) is 18.0 Å². The monoisotopic (exact) mass is 281 g/mol. The summed E-state index contributed by atoms with van der Waals surface area (Å²) in [5.41, 5.74) is 5.48. The quantitative estimate of drug-likeness (QED) is 0.753. The summed E-state index contributed by atoms with van der Waals surface area (Å²) in [4.78, 5) is 9.18. The molecule has 1 atom stereocenters. The first-order valence-electron chi connectivity index (χ1n) is 7.62. The molecule has 114 valence electrons. The molecule has 20 heavy (non-hydrogen) atoms. The molecule has 0 saturated carbocycles. The van der Waals surface area contributed by atoms with E-state index in [0.29, 0.717) is 0 Å². The van der Waals surface area contributed by atoms with E-state index in [0.717, 1.165) is 57.2 Å². The van der Waals surface area contributed by atoms with Crippen LogP contribution in [0.1, 0.15) is 43.4 Å². The average Bonchev–Trinajstić information content (AvgIpc) is 2.90. The van der Waals surface area contributed by atoms with Crippen molar-refractivity contribution < 1.29 is 4.52 Å². The number of nitrogens with zero attached hydrogens (tertiary/aromatic N) is 4. The van der Waals surface area contributed by atoms with Crippen molar-refractivity contribution in [2.45, 2.75) is 38.1 Å². The molecule has 0 aliphatic carbocycles. The molecule has 0 amide bonds. The number of nitrogens with two attached hydrogens (primary N) is 1. The van der Waals surface area contributed by atoms with Crippen LogP contribution in [0.15, 0.2) is 4.52 Å². The van der Waals surface area contributed by atoms with Crippen LogP contribution in [-0.2, 0) is 6.42 Å². The number of rotatable bonds is 7. The minimum Gasteiger partial charge on any atom is -0.339 e. The second-order valence-electron chi connectivity index (χ2n) is 5.76. The molecule has 0 spiro atoms. The van der Waals surface area contributed by atoms with Gasteiger partial charge in [0.05, 0.1) is 6.04 Å². The van der Waals surface area contributed by atoms with Crippen molar-refractivity contribution >= 4 is 0 Å². The van der Waals surface area contributed by atoms with Crippen LogP contribution >= 0.6 is 0 Å². The molecule has 2 rings (SSSR count). The Morgan fingerprint density at radius 3 is 2.80 bits per heavy atom. The molecule has 0 bridgehead atoms. The molecule has 0 radical (unpaired) electrons. The number of hydrogen-bond donors (Lipinski definition) is 1. The summed E-state index contributed by atoms with van der Waals surface area (Å²) in [6, 6.07) is 0.253. The van der Waals surface area contributed by atoms with Gasteiger partial charge in [-0.05, 0) is 33.5 Å². The van der Waals surface area contributed by atoms with E-state index in [1.807, 2.05) is 0 Å². The van der Waals surface area contributed by atoms with E-state index in [1.54, 1.807) is 0 Å². The predicted octanol–water partition coefficient (Wildman–Crippen LogP) is 1.05. The van der Waals surface area contributed by atoms with E-state index in [9.17, 15) is 0 Å². The zero-order valence-corrected chi connectivity index (χ0v) is 12.7. The SMILES string of the molecule is CN1CCN(C)C(c2noc(CCCCCCN)n2)C1. The first-order valence-corrected chi connectivity index (χ1v) is 7.62. The molecular weight excluding hydrogens is 254 g/mol. The standard InChI is InChI=1S/C14H27N5O/c1-18-9-10-19(2)12(11-18)14-16-13(20-17-14)7-5-3-4-6-8-15/h12H,3-11,15H2,1-2H3. The fourth-order valence-corrected chi connectivity index (χ4v) is 2.57. The molecule has 1 saturated heterocycles. The van der Waals surface area contributed by atoms with Crippen molar-refractivity contribution in [1.82, 2.24) is 19.9 Å². The molecule has 1 aromatic heterocycles. The van der Waals surface area contributed by atoms with Crippen LogP contribution < -0.4 is 5.73 Å². The third kappa shape index (κ3) is 4.26. The van der Waals surface area contributed by atoms with Crippen molar-refractivity contribution in [3.05, 3.63) is 11.7 Å². The van der Waals surface area contributed by atoms with Crippen LogP contribution in [-0.4, -0.2) is 60.2 Å². The van der Waals surface area contributed by atoms with E-state index in [4.69, 9.17) is 10.3 Å². The highest BCUT2D eigenvalue weighted by molar-refractivity contribution is 4.98. The Kier molecular flexibility index (Phi) is 5.94. The van der Waals surface area contributed by atoms with Crippen molar-refractivity contribution in [1.29, 1.82) is 0 Å². The Hall–Kier alpha value is -0.980. The van der Waals surface area contributed by atoms with Gasteiger partial charge in [-0.3, -0.25) is 4.90 Å². The summed E-state index contributed by atoms with van der Waals surface area (Å²) in [5.74, 6) is 1.60. The molecule has 6 heteroatoms. The van der Waals surface area contributed by atoms with E-state index in [-0.39, 0.29) is 6.04 Å². The second kappa shape index (κ2) is 7.71. The first kappa shape index (κ1) is 15.4. The van der Waals surface area contributed by atoms with Crippen molar-refractivity contribution in [2.24, 2.45) is 5.73 Å². The van der Waals surface area contributed by atoms with Gasteiger partial charge < -0.3 is 15.2 Å². The lowest BCUT2D eigenvalue weighted by Gasteiger charge is -2.35. The van der Waals surface area contributed by atoms with Gasteiger partial charge in [0.15, 0.2) is 5.82 Å². The van der Waals surface area contributed by atoms with Crippen LogP contribution in [0, 0.1) is 0 Å². The number of unbranched alkanes of at least 4 members (excludes halogenated alkanes) is 3. The summed E-state index contributed by atoms with van der Waals surface area (Å²) < 4.78 is 5.38. The van der Waals surface area contributed by atoms with E-state index in [1.165, 1.54) is 12.8 Å². The fraction of sp³-hybridized carbons (Fsp3) is 0.857. The van der Waals surface area contributed by atoms with Crippen LogP contribution in [0.25, 0.3) is 0 Å². The normalized spacial score (nSPS) is 21.4. The van der Waals surface area contributed by atoms with Crippen LogP contribution in [0.3, 0.4) is 0 Å². The first-order chi connectivity index (χ1) is 9.70. The maximum atomic E-state index is 5.48. The summed E-state index contributed by atoms with van der Waals surface area (Å²) in [7, 11) is 4.26. The van der Waals surface area contributed by atoms with Gasteiger partial charge in [0.1, 0.15) is 0 Å². The van der Waals surface area contributed by atoms with Gasteiger partial charge >= 0.3 is 0 Å². The van der Waals surface area contributed by atoms with Crippen molar-refractivity contribution in [3.8, 4) is 0 Å². The van der Waals surface area contributed by atoms with E-state index >= 15 is 0 Å². The highest BCUT2D eigenvalue weighted by Gasteiger charge is 2.27. The molecule has 1 unspecified atom stereocenters. The van der Waals surface area contributed by atoms with Crippen molar-refractivity contribution in [3.63, 3.8) is 0 Å². The minimum absolute atomic E-state index is 0.253. The second-order valence-corrected chi connectivity index (χ2v) is 5.76. The van der Waals surface area contributed by atoms with Crippen molar-refractivity contribution in [2.75, 3.05) is 40.3 Å².